The van der Waals surface area contributed by atoms with Crippen molar-refractivity contribution < 1.29 is 19.1 Å². The van der Waals surface area contributed by atoms with E-state index in [0.717, 1.165) is 18.8 Å². The lowest BCUT2D eigenvalue weighted by Gasteiger charge is -2.36. The third-order valence-corrected chi connectivity index (χ3v) is 5.85. The highest BCUT2D eigenvalue weighted by molar-refractivity contribution is 6.06. The van der Waals surface area contributed by atoms with Gasteiger partial charge < -0.3 is 20.1 Å². The van der Waals surface area contributed by atoms with Gasteiger partial charge in [0.15, 0.2) is 0 Å². The SMILES string of the molecule is CCN(CC)c1ccc(N2C(N)=C(C#N)C(c3ccccc3)C(C(=O)OC)=C2C(=O)OC)cc1. The van der Waals surface area contributed by atoms with Crippen LogP contribution in [-0.2, 0) is 19.1 Å². The molecule has 0 amide bonds. The van der Waals surface area contributed by atoms with Crippen LogP contribution in [0.2, 0.25) is 0 Å². The molecule has 2 aromatic rings. The normalized spacial score (nSPS) is 15.6. The number of carbonyl (C=O) groups is 2. The summed E-state index contributed by atoms with van der Waals surface area (Å²) in [5.41, 5.74) is 8.67. The Morgan fingerprint density at radius 2 is 1.59 bits per heavy atom. The Bertz CT molecular complexity index is 1160. The number of nitrogens with zero attached hydrogens (tertiary/aromatic N) is 3. The van der Waals surface area contributed by atoms with Gasteiger partial charge >= 0.3 is 11.9 Å². The van der Waals surface area contributed by atoms with Crippen molar-refractivity contribution in [1.82, 2.24) is 0 Å². The quantitative estimate of drug-likeness (QED) is 0.626. The van der Waals surface area contributed by atoms with E-state index in [9.17, 15) is 14.9 Å². The average Bonchev–Trinajstić information content (AvgIpc) is 2.88. The topological polar surface area (TPSA) is 109 Å². The molecule has 3 rings (SSSR count). The number of anilines is 2. The Labute approximate surface area is 199 Å². The van der Waals surface area contributed by atoms with Crippen LogP contribution in [0.25, 0.3) is 0 Å². The van der Waals surface area contributed by atoms with Crippen LogP contribution in [0.3, 0.4) is 0 Å². The number of hydrogen-bond acceptors (Lipinski definition) is 8. The van der Waals surface area contributed by atoms with E-state index in [2.05, 4.69) is 24.8 Å². The molecular formula is C26H28N4O4. The molecule has 0 aromatic heterocycles. The van der Waals surface area contributed by atoms with Gasteiger partial charge in [-0.15, -0.1) is 0 Å². The maximum absolute atomic E-state index is 13.1. The zero-order valence-corrected chi connectivity index (χ0v) is 19.7. The second-order valence-corrected chi connectivity index (χ2v) is 7.52. The van der Waals surface area contributed by atoms with Crippen molar-refractivity contribution in [3.05, 3.63) is 82.8 Å². The molecule has 2 N–H and O–H groups in total. The zero-order chi connectivity index (χ0) is 24.8. The van der Waals surface area contributed by atoms with E-state index in [1.807, 2.05) is 18.2 Å². The highest BCUT2D eigenvalue weighted by Crippen LogP contribution is 2.43. The lowest BCUT2D eigenvalue weighted by atomic mass is 9.81. The molecule has 1 atom stereocenters. The Morgan fingerprint density at radius 3 is 2.09 bits per heavy atom. The number of ether oxygens (including phenoxy) is 2. The van der Waals surface area contributed by atoms with Crippen LogP contribution in [0.4, 0.5) is 11.4 Å². The number of esters is 2. The van der Waals surface area contributed by atoms with Gasteiger partial charge in [-0.05, 0) is 43.7 Å². The summed E-state index contributed by atoms with van der Waals surface area (Å²) < 4.78 is 10.1. The molecule has 0 aliphatic carbocycles. The number of hydrogen-bond donors (Lipinski definition) is 1. The molecule has 0 radical (unpaired) electrons. The van der Waals surface area contributed by atoms with Gasteiger partial charge in [0.25, 0.3) is 0 Å². The third-order valence-electron chi connectivity index (χ3n) is 5.85. The maximum atomic E-state index is 13.1. The number of nitrogens with two attached hydrogens (primary N) is 1. The van der Waals surface area contributed by atoms with E-state index < -0.39 is 17.9 Å². The van der Waals surface area contributed by atoms with Gasteiger partial charge in [-0.25, -0.2) is 9.59 Å². The van der Waals surface area contributed by atoms with Crippen LogP contribution in [-0.4, -0.2) is 39.2 Å². The predicted molar refractivity (Wildman–Crippen MR) is 130 cm³/mol. The lowest BCUT2D eigenvalue weighted by molar-refractivity contribution is -0.139. The van der Waals surface area contributed by atoms with Gasteiger partial charge in [0.2, 0.25) is 0 Å². The van der Waals surface area contributed by atoms with Crippen LogP contribution < -0.4 is 15.5 Å². The molecular weight excluding hydrogens is 432 g/mol. The lowest BCUT2D eigenvalue weighted by Crippen LogP contribution is -2.40. The Kier molecular flexibility index (Phi) is 7.59. The summed E-state index contributed by atoms with van der Waals surface area (Å²) in [6.45, 7) is 5.79. The summed E-state index contributed by atoms with van der Waals surface area (Å²) >= 11 is 0. The largest absolute Gasteiger partial charge is 0.466 e. The van der Waals surface area contributed by atoms with Gasteiger partial charge in [-0.2, -0.15) is 5.26 Å². The molecule has 0 spiro atoms. The van der Waals surface area contributed by atoms with Crippen LogP contribution in [0.5, 0.6) is 0 Å². The Balaban J connectivity index is 2.30. The molecule has 1 aliphatic heterocycles. The summed E-state index contributed by atoms with van der Waals surface area (Å²) in [7, 11) is 2.45. The molecule has 0 fully saturated rings. The first-order valence-electron chi connectivity index (χ1n) is 10.9. The average molecular weight is 461 g/mol. The minimum atomic E-state index is -0.890. The number of benzene rings is 2. The van der Waals surface area contributed by atoms with Crippen LogP contribution in [0.1, 0.15) is 25.3 Å². The standard InChI is InChI=1S/C26H28N4O4/c1-5-29(6-2)18-12-14-19(15-13-18)30-23(26(32)34-4)22(25(31)33-3)21(20(16-27)24(30)28)17-10-8-7-9-11-17/h7-15,21H,5-6,28H2,1-4H3. The molecule has 8 heteroatoms. The Hall–Kier alpha value is -4.25. The van der Waals surface area contributed by atoms with Crippen LogP contribution >= 0.6 is 0 Å². The fourth-order valence-electron chi connectivity index (χ4n) is 4.18. The minimum Gasteiger partial charge on any atom is -0.466 e. The van der Waals surface area contributed by atoms with Gasteiger partial charge in [0.05, 0.1) is 37.4 Å². The third kappa shape index (κ3) is 4.33. The van der Waals surface area contributed by atoms with Crippen molar-refractivity contribution in [1.29, 1.82) is 5.26 Å². The van der Waals surface area contributed by atoms with E-state index in [-0.39, 0.29) is 22.7 Å². The van der Waals surface area contributed by atoms with Crippen molar-refractivity contribution in [2.24, 2.45) is 5.73 Å². The molecule has 0 bridgehead atoms. The fraction of sp³-hybridized carbons (Fsp3) is 0.269. The summed E-state index contributed by atoms with van der Waals surface area (Å²) in [6.07, 6.45) is 0. The van der Waals surface area contributed by atoms with Crippen LogP contribution in [0.15, 0.2) is 77.3 Å². The zero-order valence-electron chi connectivity index (χ0n) is 19.7. The van der Waals surface area contributed by atoms with E-state index in [0.29, 0.717) is 11.3 Å². The number of allylic oxidation sites excluding steroid dienone is 1. The van der Waals surface area contributed by atoms with Crippen molar-refractivity contribution >= 4 is 23.3 Å². The number of rotatable bonds is 7. The molecule has 1 heterocycles. The van der Waals surface area contributed by atoms with Crippen molar-refractivity contribution in [3.63, 3.8) is 0 Å². The molecule has 2 aromatic carbocycles. The molecule has 0 saturated heterocycles. The summed E-state index contributed by atoms with van der Waals surface area (Å²) in [5.74, 6) is -2.37. The summed E-state index contributed by atoms with van der Waals surface area (Å²) in [5, 5.41) is 10.1. The van der Waals surface area contributed by atoms with E-state index in [4.69, 9.17) is 15.2 Å². The first-order valence-corrected chi connectivity index (χ1v) is 10.9. The second-order valence-electron chi connectivity index (χ2n) is 7.52. The highest BCUT2D eigenvalue weighted by atomic mass is 16.5. The van der Waals surface area contributed by atoms with E-state index in [1.165, 1.54) is 19.1 Å². The van der Waals surface area contributed by atoms with Gasteiger partial charge in [-0.3, -0.25) is 4.90 Å². The van der Waals surface area contributed by atoms with E-state index >= 15 is 0 Å². The smallest absolute Gasteiger partial charge is 0.355 e. The van der Waals surface area contributed by atoms with Gasteiger partial charge in [-0.1, -0.05) is 30.3 Å². The highest BCUT2D eigenvalue weighted by Gasteiger charge is 2.42. The van der Waals surface area contributed by atoms with Crippen molar-refractivity contribution in [2.75, 3.05) is 37.1 Å². The van der Waals surface area contributed by atoms with E-state index in [1.54, 1.807) is 36.4 Å². The minimum absolute atomic E-state index is 0.0147. The number of carbonyl (C=O) groups excluding carboxylic acids is 2. The summed E-state index contributed by atoms with van der Waals surface area (Å²) in [6, 6.07) is 18.4. The number of methoxy groups -OCH3 is 2. The number of nitriles is 1. The first-order chi connectivity index (χ1) is 16.4. The maximum Gasteiger partial charge on any atom is 0.355 e. The Morgan fingerprint density at radius 1 is 1.00 bits per heavy atom. The second kappa shape index (κ2) is 10.6. The molecule has 34 heavy (non-hydrogen) atoms. The van der Waals surface area contributed by atoms with Gasteiger partial charge in [0.1, 0.15) is 11.5 Å². The monoisotopic (exact) mass is 460 g/mol. The van der Waals surface area contributed by atoms with Crippen molar-refractivity contribution in [3.8, 4) is 6.07 Å². The van der Waals surface area contributed by atoms with Gasteiger partial charge in [0, 0.05) is 24.5 Å². The first kappa shape index (κ1) is 24.4. The summed E-state index contributed by atoms with van der Waals surface area (Å²) in [4.78, 5) is 29.7. The van der Waals surface area contributed by atoms with Crippen LogP contribution in [0, 0.1) is 11.3 Å². The molecule has 1 aliphatic rings. The molecule has 0 saturated carbocycles. The predicted octanol–water partition coefficient (Wildman–Crippen LogP) is 3.43. The molecule has 1 unspecified atom stereocenters. The fourth-order valence-corrected chi connectivity index (χ4v) is 4.18. The van der Waals surface area contributed by atoms with Crippen molar-refractivity contribution in [2.45, 2.75) is 19.8 Å². The molecule has 176 valence electrons. The molecule has 8 nitrogen and oxygen atoms in total.